The van der Waals surface area contributed by atoms with Crippen molar-refractivity contribution in [3.8, 4) is 0 Å². The van der Waals surface area contributed by atoms with Crippen LogP contribution < -0.4 is 5.32 Å². The van der Waals surface area contributed by atoms with E-state index in [0.717, 1.165) is 0 Å². The van der Waals surface area contributed by atoms with E-state index in [-0.39, 0.29) is 42.6 Å². The van der Waals surface area contributed by atoms with Crippen LogP contribution in [-0.4, -0.2) is 34.8 Å². The van der Waals surface area contributed by atoms with Crippen LogP contribution in [0.25, 0.3) is 0 Å². The number of carboxylic acids is 1. The van der Waals surface area contributed by atoms with Crippen LogP contribution >= 0.6 is 0 Å². The van der Waals surface area contributed by atoms with E-state index in [2.05, 4.69) is 10.3 Å². The zero-order chi connectivity index (χ0) is 14.2. The van der Waals surface area contributed by atoms with E-state index >= 15 is 0 Å². The lowest BCUT2D eigenvalue weighted by Gasteiger charge is -2.30. The van der Waals surface area contributed by atoms with Gasteiger partial charge < -0.3 is 14.8 Å². The highest BCUT2D eigenvalue weighted by Crippen LogP contribution is 2.33. The number of aryl methyl sites for hydroxylation is 1. The molecule has 19 heavy (non-hydrogen) atoms. The Morgan fingerprint density at radius 3 is 2.63 bits per heavy atom. The Morgan fingerprint density at radius 2 is 2.16 bits per heavy atom. The summed E-state index contributed by atoms with van der Waals surface area (Å²) in [5.41, 5.74) is 0.220. The molecule has 0 bridgehead atoms. The van der Waals surface area contributed by atoms with Crippen LogP contribution in [0.2, 0.25) is 0 Å². The number of oxazole rings is 1. The number of alkyl halides is 3. The van der Waals surface area contributed by atoms with Crippen molar-refractivity contribution in [1.29, 1.82) is 0 Å². The van der Waals surface area contributed by atoms with Gasteiger partial charge in [0, 0.05) is 19.4 Å². The van der Waals surface area contributed by atoms with E-state index in [1.807, 2.05) is 0 Å². The fraction of sp³-hybridized carbons (Fsp3) is 0.636. The number of carboxylic acid groups (broad SMARTS) is 1. The van der Waals surface area contributed by atoms with E-state index in [0.29, 0.717) is 0 Å². The van der Waals surface area contributed by atoms with Crippen LogP contribution in [0.4, 0.5) is 13.2 Å². The third-order valence-electron chi connectivity index (χ3n) is 3.15. The fourth-order valence-electron chi connectivity index (χ4n) is 2.24. The van der Waals surface area contributed by atoms with Gasteiger partial charge in [-0.15, -0.1) is 0 Å². The number of aromatic carboxylic acids is 1. The van der Waals surface area contributed by atoms with Crippen molar-refractivity contribution < 1.29 is 27.5 Å². The molecule has 0 aliphatic carbocycles. The van der Waals surface area contributed by atoms with Gasteiger partial charge in [-0.25, -0.2) is 9.78 Å². The first kappa shape index (κ1) is 13.9. The third kappa shape index (κ3) is 2.89. The van der Waals surface area contributed by atoms with Crippen molar-refractivity contribution >= 4 is 5.97 Å². The highest BCUT2D eigenvalue weighted by Gasteiger charge is 2.42. The number of hydrogen-bond acceptors (Lipinski definition) is 4. The van der Waals surface area contributed by atoms with Crippen molar-refractivity contribution in [2.45, 2.75) is 37.9 Å². The minimum absolute atomic E-state index is 0.0381. The van der Waals surface area contributed by atoms with Gasteiger partial charge in [-0.1, -0.05) is 0 Å². The lowest BCUT2D eigenvalue weighted by Crippen LogP contribution is -2.47. The van der Waals surface area contributed by atoms with Gasteiger partial charge in [0.1, 0.15) is 6.04 Å². The molecule has 1 aromatic heterocycles. The lowest BCUT2D eigenvalue weighted by atomic mass is 9.91. The second-order valence-corrected chi connectivity index (χ2v) is 4.53. The zero-order valence-electron chi connectivity index (χ0n) is 10.1. The van der Waals surface area contributed by atoms with Crippen LogP contribution in [0, 0.1) is 6.92 Å². The molecule has 0 aromatic carbocycles. The van der Waals surface area contributed by atoms with Crippen LogP contribution in [-0.2, 0) is 0 Å². The molecule has 8 heteroatoms. The molecular weight excluding hydrogens is 265 g/mol. The van der Waals surface area contributed by atoms with Crippen molar-refractivity contribution in [3.63, 3.8) is 0 Å². The topological polar surface area (TPSA) is 75.4 Å². The summed E-state index contributed by atoms with van der Waals surface area (Å²) in [6.07, 6.45) is -4.15. The van der Waals surface area contributed by atoms with E-state index in [1.165, 1.54) is 6.92 Å². The van der Waals surface area contributed by atoms with Gasteiger partial charge in [0.05, 0.1) is 5.69 Å². The summed E-state index contributed by atoms with van der Waals surface area (Å²) in [6.45, 7) is 1.54. The largest absolute Gasteiger partial charge is 0.475 e. The Morgan fingerprint density at radius 1 is 1.47 bits per heavy atom. The Kier molecular flexibility index (Phi) is 3.53. The number of carbonyl (C=O) groups is 1. The molecule has 2 N–H and O–H groups in total. The molecule has 1 aliphatic rings. The lowest BCUT2D eigenvalue weighted by molar-refractivity contribution is -0.160. The molecule has 1 aliphatic heterocycles. The molecule has 0 saturated carbocycles. The van der Waals surface area contributed by atoms with Crippen LogP contribution in [0.5, 0.6) is 0 Å². The number of halogens is 3. The summed E-state index contributed by atoms with van der Waals surface area (Å²) in [6, 6.07) is -1.54. The second kappa shape index (κ2) is 4.84. The van der Waals surface area contributed by atoms with Gasteiger partial charge in [0.2, 0.25) is 5.76 Å². The maximum Gasteiger partial charge on any atom is 0.403 e. The Hall–Kier alpha value is -1.57. The quantitative estimate of drug-likeness (QED) is 0.866. The van der Waals surface area contributed by atoms with Crippen molar-refractivity contribution in [2.24, 2.45) is 0 Å². The van der Waals surface area contributed by atoms with E-state index < -0.39 is 18.2 Å². The number of piperidine rings is 1. The molecule has 1 fully saturated rings. The Balaban J connectivity index is 2.12. The maximum absolute atomic E-state index is 12.5. The predicted molar refractivity (Wildman–Crippen MR) is 58.0 cm³/mol. The molecule has 2 atom stereocenters. The SMILES string of the molecule is Cc1nc(C2CCC(C(F)(F)F)NC2)c(C(=O)O)o1. The number of nitrogens with zero attached hydrogens (tertiary/aromatic N) is 1. The van der Waals surface area contributed by atoms with E-state index in [4.69, 9.17) is 9.52 Å². The minimum Gasteiger partial charge on any atom is -0.475 e. The molecular formula is C11H13F3N2O3. The molecule has 1 saturated heterocycles. The number of hydrogen-bond donors (Lipinski definition) is 2. The van der Waals surface area contributed by atoms with Gasteiger partial charge >= 0.3 is 12.1 Å². The predicted octanol–water partition coefficient (Wildman–Crippen LogP) is 2.08. The molecule has 2 unspecified atom stereocenters. The fourth-order valence-corrected chi connectivity index (χ4v) is 2.24. The van der Waals surface area contributed by atoms with E-state index in [9.17, 15) is 18.0 Å². The van der Waals surface area contributed by atoms with Crippen molar-refractivity contribution in [1.82, 2.24) is 10.3 Å². The summed E-state index contributed by atoms with van der Waals surface area (Å²) in [5, 5.41) is 11.3. The number of rotatable bonds is 2. The molecule has 2 heterocycles. The van der Waals surface area contributed by atoms with Gasteiger partial charge in [0.15, 0.2) is 5.89 Å². The zero-order valence-corrected chi connectivity index (χ0v) is 10.1. The van der Waals surface area contributed by atoms with Gasteiger partial charge in [-0.05, 0) is 12.8 Å². The molecule has 1 aromatic rings. The standard InChI is InChI=1S/C11H13F3N2O3/c1-5-16-8(9(19-5)10(17)18)6-2-3-7(15-4-6)11(12,13)14/h6-7,15H,2-4H2,1H3,(H,17,18). The summed E-state index contributed by atoms with van der Waals surface area (Å²) >= 11 is 0. The molecule has 2 rings (SSSR count). The molecule has 0 radical (unpaired) electrons. The van der Waals surface area contributed by atoms with Crippen molar-refractivity contribution in [3.05, 3.63) is 17.3 Å². The first-order chi connectivity index (χ1) is 8.79. The van der Waals surface area contributed by atoms with E-state index in [1.54, 1.807) is 0 Å². The van der Waals surface area contributed by atoms with Gasteiger partial charge in [0.25, 0.3) is 0 Å². The summed E-state index contributed by atoms with van der Waals surface area (Å²) in [4.78, 5) is 14.9. The summed E-state index contributed by atoms with van der Waals surface area (Å²) < 4.78 is 42.4. The van der Waals surface area contributed by atoms with Crippen LogP contribution in [0.3, 0.4) is 0 Å². The van der Waals surface area contributed by atoms with Gasteiger partial charge in [-0.3, -0.25) is 0 Å². The Bertz CT molecular complexity index is 476. The van der Waals surface area contributed by atoms with Crippen LogP contribution in [0.1, 0.15) is 40.9 Å². The highest BCUT2D eigenvalue weighted by atomic mass is 19.4. The first-order valence-corrected chi connectivity index (χ1v) is 5.79. The third-order valence-corrected chi connectivity index (χ3v) is 3.15. The molecule has 106 valence electrons. The summed E-state index contributed by atoms with van der Waals surface area (Å²) in [7, 11) is 0. The minimum atomic E-state index is -4.28. The molecule has 0 amide bonds. The molecule has 0 spiro atoms. The normalized spacial score (nSPS) is 24.4. The monoisotopic (exact) mass is 278 g/mol. The highest BCUT2D eigenvalue weighted by molar-refractivity contribution is 5.85. The average Bonchev–Trinajstić information content (AvgIpc) is 2.70. The smallest absolute Gasteiger partial charge is 0.403 e. The van der Waals surface area contributed by atoms with Crippen LogP contribution in [0.15, 0.2) is 4.42 Å². The number of aromatic nitrogens is 1. The average molecular weight is 278 g/mol. The molecule has 5 nitrogen and oxygen atoms in total. The van der Waals surface area contributed by atoms with Gasteiger partial charge in [-0.2, -0.15) is 13.2 Å². The maximum atomic E-state index is 12.5. The first-order valence-electron chi connectivity index (χ1n) is 5.79. The van der Waals surface area contributed by atoms with Crippen molar-refractivity contribution in [2.75, 3.05) is 6.54 Å². The second-order valence-electron chi connectivity index (χ2n) is 4.53. The Labute approximate surface area is 106 Å². The number of nitrogens with one attached hydrogen (secondary N) is 1. The summed E-state index contributed by atoms with van der Waals surface area (Å²) in [5.74, 6) is -1.71.